The van der Waals surface area contributed by atoms with Gasteiger partial charge < -0.3 is 10.6 Å². The third-order valence-electron chi connectivity index (χ3n) is 5.80. The molecule has 0 bridgehead atoms. The largest absolute Gasteiger partial charge is 0.337 e. The number of carbonyl (C=O) groups excluding carboxylic acids is 1. The summed E-state index contributed by atoms with van der Waals surface area (Å²) in [5.74, 6) is 1.63. The lowest BCUT2D eigenvalue weighted by Crippen LogP contribution is -2.29. The molecule has 3 atom stereocenters. The Bertz CT molecular complexity index is 755. The van der Waals surface area contributed by atoms with Crippen LogP contribution in [0.15, 0.2) is 36.4 Å². The quantitative estimate of drug-likeness (QED) is 0.914. The smallest absolute Gasteiger partial charge is 0.263 e. The molecule has 2 N–H and O–H groups in total. The Hall–Kier alpha value is -1.65. The number of thiophene rings is 1. The number of likely N-dealkylation sites (tertiary alicyclic amines) is 1. The Morgan fingerprint density at radius 2 is 2.08 bits per heavy atom. The highest BCUT2D eigenvalue weighted by molar-refractivity contribution is 7.14. The highest BCUT2D eigenvalue weighted by atomic mass is 32.1. The number of hydrogen-bond donors (Lipinski definition) is 1. The van der Waals surface area contributed by atoms with Crippen molar-refractivity contribution in [2.45, 2.75) is 32.1 Å². The summed E-state index contributed by atoms with van der Waals surface area (Å²) in [4.78, 5) is 17.5. The zero-order valence-corrected chi connectivity index (χ0v) is 15.6. The second-order valence-corrected chi connectivity index (χ2v) is 8.77. The van der Waals surface area contributed by atoms with E-state index in [1.807, 2.05) is 11.0 Å². The number of amides is 1. The van der Waals surface area contributed by atoms with Crippen LogP contribution in [-0.4, -0.2) is 30.4 Å². The van der Waals surface area contributed by atoms with Crippen molar-refractivity contribution < 1.29 is 4.79 Å². The van der Waals surface area contributed by atoms with Gasteiger partial charge in [0.1, 0.15) is 0 Å². The first-order valence-electron chi connectivity index (χ1n) is 9.31. The Labute approximate surface area is 153 Å². The Morgan fingerprint density at radius 1 is 1.28 bits per heavy atom. The van der Waals surface area contributed by atoms with Crippen LogP contribution in [0.3, 0.4) is 0 Å². The predicted molar refractivity (Wildman–Crippen MR) is 103 cm³/mol. The Balaban J connectivity index is 1.53. The highest BCUT2D eigenvalue weighted by Gasteiger charge is 2.36. The van der Waals surface area contributed by atoms with Gasteiger partial charge in [-0.25, -0.2) is 0 Å². The molecule has 2 aromatic rings. The fourth-order valence-electron chi connectivity index (χ4n) is 4.32. The van der Waals surface area contributed by atoms with E-state index in [-0.39, 0.29) is 5.91 Å². The fraction of sp³-hybridized carbons (Fsp3) is 0.476. The zero-order valence-electron chi connectivity index (χ0n) is 14.8. The fourth-order valence-corrected chi connectivity index (χ4v) is 5.50. The molecular formula is C21H26N2OS. The van der Waals surface area contributed by atoms with E-state index in [2.05, 4.69) is 37.3 Å². The molecule has 1 aliphatic carbocycles. The monoisotopic (exact) mass is 354 g/mol. The average molecular weight is 355 g/mol. The van der Waals surface area contributed by atoms with Crippen molar-refractivity contribution in [2.75, 3.05) is 19.6 Å². The number of carbonyl (C=O) groups is 1. The number of fused-ring (bicyclic) bond motifs is 1. The summed E-state index contributed by atoms with van der Waals surface area (Å²) in [7, 11) is 0. The Kier molecular flexibility index (Phi) is 4.65. The first-order chi connectivity index (χ1) is 12.2. The van der Waals surface area contributed by atoms with E-state index in [9.17, 15) is 4.79 Å². The van der Waals surface area contributed by atoms with E-state index in [4.69, 9.17) is 5.73 Å². The predicted octanol–water partition coefficient (Wildman–Crippen LogP) is 3.69. The van der Waals surface area contributed by atoms with Crippen LogP contribution < -0.4 is 5.73 Å². The third kappa shape index (κ3) is 3.25. The van der Waals surface area contributed by atoms with Gasteiger partial charge in [-0.15, -0.1) is 11.3 Å². The molecule has 0 saturated carbocycles. The summed E-state index contributed by atoms with van der Waals surface area (Å²) < 4.78 is 0. The molecule has 1 aliphatic heterocycles. The van der Waals surface area contributed by atoms with Crippen LogP contribution in [0.25, 0.3) is 0 Å². The van der Waals surface area contributed by atoms with Crippen molar-refractivity contribution >= 4 is 17.2 Å². The van der Waals surface area contributed by atoms with Gasteiger partial charge >= 0.3 is 0 Å². The summed E-state index contributed by atoms with van der Waals surface area (Å²) in [6.07, 6.45) is 3.50. The lowest BCUT2D eigenvalue weighted by Gasteiger charge is -2.16. The maximum absolute atomic E-state index is 13.1. The van der Waals surface area contributed by atoms with Crippen molar-refractivity contribution in [2.24, 2.45) is 17.6 Å². The number of aryl methyl sites for hydroxylation is 1. The minimum Gasteiger partial charge on any atom is -0.337 e. The summed E-state index contributed by atoms with van der Waals surface area (Å²) in [6.45, 7) is 4.48. The van der Waals surface area contributed by atoms with Crippen LogP contribution >= 0.6 is 11.3 Å². The molecule has 1 saturated heterocycles. The normalized spacial score (nSPS) is 25.8. The van der Waals surface area contributed by atoms with Crippen molar-refractivity contribution in [3.05, 3.63) is 57.3 Å². The van der Waals surface area contributed by atoms with E-state index < -0.39 is 0 Å². The van der Waals surface area contributed by atoms with E-state index in [1.165, 1.54) is 22.4 Å². The van der Waals surface area contributed by atoms with Gasteiger partial charge in [-0.1, -0.05) is 37.3 Å². The molecule has 1 amide bonds. The molecule has 0 radical (unpaired) electrons. The van der Waals surface area contributed by atoms with Gasteiger partial charge in [-0.3, -0.25) is 4.79 Å². The minimum absolute atomic E-state index is 0.198. The van der Waals surface area contributed by atoms with Crippen LogP contribution in [0, 0.1) is 11.8 Å². The molecule has 3 nitrogen and oxygen atoms in total. The highest BCUT2D eigenvalue weighted by Crippen LogP contribution is 2.36. The van der Waals surface area contributed by atoms with Crippen molar-refractivity contribution in [1.29, 1.82) is 0 Å². The Morgan fingerprint density at radius 3 is 2.84 bits per heavy atom. The molecule has 4 heteroatoms. The standard InChI is InChI=1S/C21H26N2OS/c1-14-7-8-19-16(9-14)10-20(25-19)21(24)23-12-17(11-22)18(13-23)15-5-3-2-4-6-15/h2-6,10,14,17-18H,7-9,11-13,22H2,1H3/t14?,17-,18+/m1/s1. The lowest BCUT2D eigenvalue weighted by atomic mass is 9.89. The maximum atomic E-state index is 13.1. The number of hydrogen-bond acceptors (Lipinski definition) is 3. The van der Waals surface area contributed by atoms with E-state index in [1.54, 1.807) is 11.3 Å². The van der Waals surface area contributed by atoms with Crippen molar-refractivity contribution in [3.63, 3.8) is 0 Å². The summed E-state index contributed by atoms with van der Waals surface area (Å²) in [5, 5.41) is 0. The summed E-state index contributed by atoms with van der Waals surface area (Å²) >= 11 is 1.72. The van der Waals surface area contributed by atoms with Gasteiger partial charge in [0.05, 0.1) is 4.88 Å². The topological polar surface area (TPSA) is 46.3 Å². The minimum atomic E-state index is 0.198. The van der Waals surface area contributed by atoms with E-state index in [0.29, 0.717) is 18.4 Å². The second kappa shape index (κ2) is 6.93. The SMILES string of the molecule is CC1CCc2sc(C(=O)N3C[C@@H](CN)[C@H](c4ccccc4)C3)cc2C1. The molecule has 132 valence electrons. The number of benzene rings is 1. The molecular weight excluding hydrogens is 328 g/mol. The van der Waals surface area contributed by atoms with Crippen LogP contribution in [0.2, 0.25) is 0 Å². The molecule has 1 unspecified atom stereocenters. The van der Waals surface area contributed by atoms with Crippen LogP contribution in [0.4, 0.5) is 0 Å². The summed E-state index contributed by atoms with van der Waals surface area (Å²) in [6, 6.07) is 12.7. The van der Waals surface area contributed by atoms with Gasteiger partial charge in [0.2, 0.25) is 0 Å². The van der Waals surface area contributed by atoms with Crippen molar-refractivity contribution in [3.8, 4) is 0 Å². The molecule has 2 heterocycles. The number of nitrogens with zero attached hydrogens (tertiary/aromatic N) is 1. The third-order valence-corrected chi connectivity index (χ3v) is 7.02. The molecule has 1 fully saturated rings. The maximum Gasteiger partial charge on any atom is 0.263 e. The zero-order chi connectivity index (χ0) is 17.4. The average Bonchev–Trinajstić information content (AvgIpc) is 3.25. The first-order valence-corrected chi connectivity index (χ1v) is 10.1. The van der Waals surface area contributed by atoms with Gasteiger partial charge in [0.25, 0.3) is 5.91 Å². The van der Waals surface area contributed by atoms with Gasteiger partial charge in [-0.05, 0) is 54.8 Å². The van der Waals surface area contributed by atoms with Gasteiger partial charge in [0.15, 0.2) is 0 Å². The second-order valence-electron chi connectivity index (χ2n) is 7.63. The molecule has 4 rings (SSSR count). The molecule has 1 aromatic carbocycles. The molecule has 0 spiro atoms. The molecule has 25 heavy (non-hydrogen) atoms. The lowest BCUT2D eigenvalue weighted by molar-refractivity contribution is 0.0791. The number of nitrogens with two attached hydrogens (primary N) is 1. The van der Waals surface area contributed by atoms with Crippen LogP contribution in [0.5, 0.6) is 0 Å². The van der Waals surface area contributed by atoms with Crippen molar-refractivity contribution in [1.82, 2.24) is 4.90 Å². The van der Waals surface area contributed by atoms with E-state index in [0.717, 1.165) is 36.7 Å². The first kappa shape index (κ1) is 16.8. The van der Waals surface area contributed by atoms with Gasteiger partial charge in [-0.2, -0.15) is 0 Å². The van der Waals surface area contributed by atoms with E-state index >= 15 is 0 Å². The van der Waals surface area contributed by atoms with Gasteiger partial charge in [0, 0.05) is 23.9 Å². The van der Waals surface area contributed by atoms with Crippen LogP contribution in [0.1, 0.15) is 44.9 Å². The summed E-state index contributed by atoms with van der Waals surface area (Å²) in [5.41, 5.74) is 8.72. The van der Waals surface area contributed by atoms with Crippen LogP contribution in [-0.2, 0) is 12.8 Å². The number of rotatable bonds is 3. The molecule has 1 aromatic heterocycles. The molecule has 2 aliphatic rings.